The van der Waals surface area contributed by atoms with Crippen LogP contribution in [0.1, 0.15) is 32.1 Å². The number of methoxy groups -OCH3 is 2. The Hall–Kier alpha value is -0.510. The lowest BCUT2D eigenvalue weighted by atomic mass is 10.2. The Labute approximate surface area is 102 Å². The fraction of sp³-hybridized carbons (Fsp3) is 0.538. The van der Waals surface area contributed by atoms with Crippen LogP contribution in [0.25, 0.3) is 0 Å². The van der Waals surface area contributed by atoms with Crippen molar-refractivity contribution in [2.24, 2.45) is 0 Å². The molecule has 0 aliphatic rings. The molecule has 0 fully saturated rings. The van der Waals surface area contributed by atoms with Crippen molar-refractivity contribution in [2.75, 3.05) is 14.2 Å². The Morgan fingerprint density at radius 3 is 2.12 bits per heavy atom. The molecule has 1 atom stereocenters. The lowest BCUT2D eigenvalue weighted by Crippen LogP contribution is -2.03. The van der Waals surface area contributed by atoms with E-state index in [1.54, 1.807) is 14.2 Å². The first-order valence-corrected chi connectivity index (χ1v) is 6.41. The van der Waals surface area contributed by atoms with E-state index in [1.165, 1.54) is 11.3 Å². The lowest BCUT2D eigenvalue weighted by molar-refractivity contribution is -0.106. The highest BCUT2D eigenvalue weighted by Crippen LogP contribution is 2.27. The van der Waals surface area contributed by atoms with Crippen LogP contribution >= 0.6 is 11.8 Å². The molecule has 0 N–H and O–H groups in total. The predicted octanol–water partition coefficient (Wildman–Crippen LogP) is 3.87. The quantitative estimate of drug-likeness (QED) is 0.555. The van der Waals surface area contributed by atoms with E-state index in [2.05, 4.69) is 38.1 Å². The molecule has 0 radical (unpaired) electrons. The summed E-state index contributed by atoms with van der Waals surface area (Å²) >= 11 is 1.90. The van der Waals surface area contributed by atoms with Gasteiger partial charge in [0.25, 0.3) is 0 Å². The highest BCUT2D eigenvalue weighted by Gasteiger charge is 2.08. The molecule has 0 heterocycles. The Balaban J connectivity index is 2.67. The number of ether oxygens (including phenoxy) is 2. The van der Waals surface area contributed by atoms with Gasteiger partial charge in [-0.05, 0) is 18.6 Å². The Bertz CT molecular complexity index is 293. The minimum Gasteiger partial charge on any atom is -0.352 e. The summed E-state index contributed by atoms with van der Waals surface area (Å²) in [6.45, 7) is 4.45. The SMILES string of the molecule is CCC(C)Sc1ccc(C(OC)OC)cc1. The number of benzene rings is 1. The maximum Gasteiger partial charge on any atom is 0.183 e. The first kappa shape index (κ1) is 13.6. The molecular weight excluding hydrogens is 220 g/mol. The van der Waals surface area contributed by atoms with Gasteiger partial charge in [0.05, 0.1) is 0 Å². The van der Waals surface area contributed by atoms with Gasteiger partial charge in [-0.25, -0.2) is 0 Å². The topological polar surface area (TPSA) is 18.5 Å². The van der Waals surface area contributed by atoms with Crippen molar-refractivity contribution in [3.05, 3.63) is 29.8 Å². The van der Waals surface area contributed by atoms with Gasteiger partial charge in [0, 0.05) is 29.9 Å². The molecule has 1 unspecified atom stereocenters. The fourth-order valence-corrected chi connectivity index (χ4v) is 2.31. The van der Waals surface area contributed by atoms with E-state index >= 15 is 0 Å². The molecule has 0 aromatic heterocycles. The second-order valence-electron chi connectivity index (χ2n) is 3.71. The third-order valence-corrected chi connectivity index (χ3v) is 3.77. The average Bonchev–Trinajstić information content (AvgIpc) is 2.32. The van der Waals surface area contributed by atoms with E-state index in [0.29, 0.717) is 5.25 Å². The largest absolute Gasteiger partial charge is 0.352 e. The third-order valence-electron chi connectivity index (χ3n) is 2.49. The monoisotopic (exact) mass is 240 g/mol. The van der Waals surface area contributed by atoms with Crippen molar-refractivity contribution in [3.8, 4) is 0 Å². The second-order valence-corrected chi connectivity index (χ2v) is 5.22. The highest BCUT2D eigenvalue weighted by molar-refractivity contribution is 7.99. The van der Waals surface area contributed by atoms with Gasteiger partial charge in [0.15, 0.2) is 6.29 Å². The number of thioether (sulfide) groups is 1. The first-order chi connectivity index (χ1) is 7.71. The molecule has 0 aliphatic carbocycles. The minimum atomic E-state index is -0.261. The summed E-state index contributed by atoms with van der Waals surface area (Å²) in [5, 5.41) is 0.659. The van der Waals surface area contributed by atoms with Crippen molar-refractivity contribution in [1.29, 1.82) is 0 Å². The van der Waals surface area contributed by atoms with E-state index in [0.717, 1.165) is 5.56 Å². The summed E-state index contributed by atoms with van der Waals surface area (Å²) in [7, 11) is 3.30. The van der Waals surface area contributed by atoms with Crippen LogP contribution in [0.5, 0.6) is 0 Å². The van der Waals surface area contributed by atoms with Crippen LogP contribution in [0.3, 0.4) is 0 Å². The standard InChI is InChI=1S/C13H20O2S/c1-5-10(2)16-12-8-6-11(7-9-12)13(14-3)15-4/h6-10,13H,5H2,1-4H3. The first-order valence-electron chi connectivity index (χ1n) is 5.53. The summed E-state index contributed by atoms with van der Waals surface area (Å²) < 4.78 is 10.4. The molecule has 0 amide bonds. The number of rotatable bonds is 6. The van der Waals surface area contributed by atoms with E-state index < -0.39 is 0 Å². The van der Waals surface area contributed by atoms with Gasteiger partial charge < -0.3 is 9.47 Å². The molecule has 0 aliphatic heterocycles. The van der Waals surface area contributed by atoms with E-state index in [4.69, 9.17) is 9.47 Å². The van der Waals surface area contributed by atoms with Gasteiger partial charge in [0.2, 0.25) is 0 Å². The van der Waals surface area contributed by atoms with E-state index in [9.17, 15) is 0 Å². The summed E-state index contributed by atoms with van der Waals surface area (Å²) in [5.41, 5.74) is 1.05. The molecule has 1 aromatic carbocycles. The molecule has 0 bridgehead atoms. The molecule has 0 saturated heterocycles. The molecule has 2 nitrogen and oxygen atoms in total. The van der Waals surface area contributed by atoms with E-state index in [1.807, 2.05) is 11.8 Å². The second kappa shape index (κ2) is 6.94. The number of hydrogen-bond donors (Lipinski definition) is 0. The molecule has 0 spiro atoms. The van der Waals surface area contributed by atoms with Gasteiger partial charge in [0.1, 0.15) is 0 Å². The summed E-state index contributed by atoms with van der Waals surface area (Å²) in [4.78, 5) is 1.30. The fourth-order valence-electron chi connectivity index (χ4n) is 1.39. The third kappa shape index (κ3) is 3.81. The van der Waals surface area contributed by atoms with Crippen molar-refractivity contribution in [2.45, 2.75) is 36.7 Å². The van der Waals surface area contributed by atoms with Crippen molar-refractivity contribution >= 4 is 11.8 Å². The van der Waals surface area contributed by atoms with Crippen LogP contribution in [0.2, 0.25) is 0 Å². The molecule has 0 saturated carbocycles. The minimum absolute atomic E-state index is 0.261. The van der Waals surface area contributed by atoms with Crippen LogP contribution in [0.15, 0.2) is 29.2 Å². The van der Waals surface area contributed by atoms with Crippen LogP contribution in [-0.2, 0) is 9.47 Å². The summed E-state index contributed by atoms with van der Waals surface area (Å²) in [6, 6.07) is 8.36. The maximum absolute atomic E-state index is 5.20. The number of hydrogen-bond acceptors (Lipinski definition) is 3. The van der Waals surface area contributed by atoms with Crippen molar-refractivity contribution in [1.82, 2.24) is 0 Å². The zero-order chi connectivity index (χ0) is 12.0. The van der Waals surface area contributed by atoms with Crippen molar-refractivity contribution < 1.29 is 9.47 Å². The molecule has 1 rings (SSSR count). The lowest BCUT2D eigenvalue weighted by Gasteiger charge is -2.14. The smallest absolute Gasteiger partial charge is 0.183 e. The molecule has 16 heavy (non-hydrogen) atoms. The molecular formula is C13H20O2S. The highest BCUT2D eigenvalue weighted by atomic mass is 32.2. The van der Waals surface area contributed by atoms with Gasteiger partial charge >= 0.3 is 0 Å². The van der Waals surface area contributed by atoms with Gasteiger partial charge in [-0.2, -0.15) is 0 Å². The van der Waals surface area contributed by atoms with Crippen LogP contribution in [-0.4, -0.2) is 19.5 Å². The predicted molar refractivity (Wildman–Crippen MR) is 68.8 cm³/mol. The Morgan fingerprint density at radius 1 is 1.12 bits per heavy atom. The zero-order valence-corrected chi connectivity index (χ0v) is 11.2. The average molecular weight is 240 g/mol. The van der Waals surface area contributed by atoms with Gasteiger partial charge in [-0.3, -0.25) is 0 Å². The Kier molecular flexibility index (Phi) is 5.88. The van der Waals surface area contributed by atoms with Gasteiger partial charge in [-0.1, -0.05) is 26.0 Å². The van der Waals surface area contributed by atoms with Crippen LogP contribution in [0.4, 0.5) is 0 Å². The van der Waals surface area contributed by atoms with E-state index in [-0.39, 0.29) is 6.29 Å². The van der Waals surface area contributed by atoms with Crippen molar-refractivity contribution in [3.63, 3.8) is 0 Å². The summed E-state index contributed by atoms with van der Waals surface area (Å²) in [6.07, 6.45) is 0.924. The molecule has 3 heteroatoms. The summed E-state index contributed by atoms with van der Waals surface area (Å²) in [5.74, 6) is 0. The van der Waals surface area contributed by atoms with Crippen LogP contribution < -0.4 is 0 Å². The Morgan fingerprint density at radius 2 is 1.69 bits per heavy atom. The van der Waals surface area contributed by atoms with Crippen LogP contribution in [0, 0.1) is 0 Å². The molecule has 90 valence electrons. The van der Waals surface area contributed by atoms with Gasteiger partial charge in [-0.15, -0.1) is 11.8 Å². The normalized spacial score (nSPS) is 13.1. The maximum atomic E-state index is 5.20. The molecule has 1 aromatic rings. The zero-order valence-electron chi connectivity index (χ0n) is 10.4.